The second-order valence-electron chi connectivity index (χ2n) is 8.66. The SMILES string of the molecule is CC(C)(C(N)=O)c1cccc(C(=O)NCC(=O)Nc2nc(-c3cccc(-c4ccncc4)c3)cs2)c1. The van der Waals surface area contributed by atoms with Crippen molar-refractivity contribution >= 4 is 34.2 Å². The first-order chi connectivity index (χ1) is 17.2. The van der Waals surface area contributed by atoms with Crippen LogP contribution in [0.4, 0.5) is 5.13 Å². The number of benzene rings is 2. The summed E-state index contributed by atoms with van der Waals surface area (Å²) in [6.45, 7) is 3.16. The zero-order valence-corrected chi connectivity index (χ0v) is 20.6. The highest BCUT2D eigenvalue weighted by Crippen LogP contribution is 2.29. The Morgan fingerprint density at radius 2 is 1.67 bits per heavy atom. The Balaban J connectivity index is 1.37. The zero-order valence-electron chi connectivity index (χ0n) is 19.8. The van der Waals surface area contributed by atoms with E-state index in [0.717, 1.165) is 22.4 Å². The van der Waals surface area contributed by atoms with E-state index in [2.05, 4.69) is 20.6 Å². The van der Waals surface area contributed by atoms with Crippen molar-refractivity contribution in [3.05, 3.63) is 89.6 Å². The monoisotopic (exact) mass is 499 g/mol. The van der Waals surface area contributed by atoms with Gasteiger partial charge >= 0.3 is 0 Å². The quantitative estimate of drug-likeness (QED) is 0.338. The van der Waals surface area contributed by atoms with Crippen molar-refractivity contribution in [2.24, 2.45) is 5.73 Å². The molecule has 0 bridgehead atoms. The molecule has 3 amide bonds. The first-order valence-corrected chi connectivity index (χ1v) is 12.1. The summed E-state index contributed by atoms with van der Waals surface area (Å²) in [7, 11) is 0. The van der Waals surface area contributed by atoms with Gasteiger partial charge in [-0.05, 0) is 60.9 Å². The molecule has 0 fully saturated rings. The molecular weight excluding hydrogens is 474 g/mol. The van der Waals surface area contributed by atoms with Crippen molar-refractivity contribution in [3.8, 4) is 22.4 Å². The summed E-state index contributed by atoms with van der Waals surface area (Å²) in [6, 6.07) is 18.5. The highest BCUT2D eigenvalue weighted by molar-refractivity contribution is 7.14. The van der Waals surface area contributed by atoms with E-state index in [1.165, 1.54) is 11.3 Å². The summed E-state index contributed by atoms with van der Waals surface area (Å²) >= 11 is 1.30. The number of nitrogens with zero attached hydrogens (tertiary/aromatic N) is 2. The fourth-order valence-electron chi connectivity index (χ4n) is 3.48. The van der Waals surface area contributed by atoms with Gasteiger partial charge in [0.25, 0.3) is 5.91 Å². The Bertz CT molecular complexity index is 1420. The van der Waals surface area contributed by atoms with Crippen LogP contribution in [-0.4, -0.2) is 34.2 Å². The minimum atomic E-state index is -0.923. The maximum absolute atomic E-state index is 12.6. The molecule has 0 aliphatic carbocycles. The van der Waals surface area contributed by atoms with Gasteiger partial charge < -0.3 is 16.4 Å². The van der Waals surface area contributed by atoms with E-state index in [4.69, 9.17) is 5.73 Å². The number of nitrogens with two attached hydrogens (primary N) is 1. The molecule has 0 radical (unpaired) electrons. The van der Waals surface area contributed by atoms with Crippen LogP contribution >= 0.6 is 11.3 Å². The maximum atomic E-state index is 12.6. The van der Waals surface area contributed by atoms with Gasteiger partial charge in [-0.3, -0.25) is 19.4 Å². The summed E-state index contributed by atoms with van der Waals surface area (Å²) in [4.78, 5) is 45.3. The predicted molar refractivity (Wildman–Crippen MR) is 140 cm³/mol. The molecule has 9 heteroatoms. The number of nitrogens with one attached hydrogen (secondary N) is 2. The van der Waals surface area contributed by atoms with Crippen LogP contribution in [-0.2, 0) is 15.0 Å². The van der Waals surface area contributed by atoms with Crippen LogP contribution < -0.4 is 16.4 Å². The number of hydrogen-bond donors (Lipinski definition) is 3. The Hall–Kier alpha value is -4.37. The fourth-order valence-corrected chi connectivity index (χ4v) is 4.22. The van der Waals surface area contributed by atoms with Crippen molar-refractivity contribution in [1.82, 2.24) is 15.3 Å². The molecule has 2 aromatic carbocycles. The molecule has 0 spiro atoms. The van der Waals surface area contributed by atoms with Gasteiger partial charge in [0.1, 0.15) is 0 Å². The summed E-state index contributed by atoms with van der Waals surface area (Å²) < 4.78 is 0. The number of rotatable bonds is 8. The number of carbonyl (C=O) groups is 3. The van der Waals surface area contributed by atoms with Gasteiger partial charge in [-0.25, -0.2) is 4.98 Å². The Kier molecular flexibility index (Phi) is 7.21. The Labute approximate surface area is 212 Å². The predicted octanol–water partition coefficient (Wildman–Crippen LogP) is 4.00. The summed E-state index contributed by atoms with van der Waals surface area (Å²) in [5.74, 6) is -1.32. The molecule has 4 rings (SSSR count). The van der Waals surface area contributed by atoms with Crippen molar-refractivity contribution in [2.75, 3.05) is 11.9 Å². The lowest BCUT2D eigenvalue weighted by Gasteiger charge is -2.21. The number of hydrogen-bond acceptors (Lipinski definition) is 6. The Morgan fingerprint density at radius 3 is 2.42 bits per heavy atom. The maximum Gasteiger partial charge on any atom is 0.251 e. The fraction of sp³-hybridized carbons (Fsp3) is 0.148. The van der Waals surface area contributed by atoms with E-state index in [1.54, 1.807) is 50.5 Å². The third kappa shape index (κ3) is 5.64. The van der Waals surface area contributed by atoms with Gasteiger partial charge in [0.15, 0.2) is 5.13 Å². The van der Waals surface area contributed by atoms with Crippen LogP contribution in [0, 0.1) is 0 Å². The van der Waals surface area contributed by atoms with E-state index in [-0.39, 0.29) is 6.54 Å². The van der Waals surface area contributed by atoms with Crippen LogP contribution in [0.1, 0.15) is 29.8 Å². The van der Waals surface area contributed by atoms with Gasteiger partial charge in [0, 0.05) is 28.9 Å². The van der Waals surface area contributed by atoms with Crippen LogP contribution in [0.5, 0.6) is 0 Å². The minimum Gasteiger partial charge on any atom is -0.369 e. The number of carbonyl (C=O) groups excluding carboxylic acids is 3. The smallest absolute Gasteiger partial charge is 0.251 e. The number of aromatic nitrogens is 2. The van der Waals surface area contributed by atoms with Gasteiger partial charge in [-0.1, -0.05) is 30.3 Å². The molecular formula is C27H25N5O3S. The first-order valence-electron chi connectivity index (χ1n) is 11.2. The summed E-state index contributed by atoms with van der Waals surface area (Å²) in [5.41, 5.74) is 9.26. The third-order valence-corrected chi connectivity index (χ3v) is 6.55. The van der Waals surface area contributed by atoms with Crippen LogP contribution in [0.15, 0.2) is 78.4 Å². The van der Waals surface area contributed by atoms with E-state index in [1.807, 2.05) is 41.8 Å². The molecule has 0 atom stereocenters. The number of anilines is 1. The van der Waals surface area contributed by atoms with Crippen molar-refractivity contribution < 1.29 is 14.4 Å². The largest absolute Gasteiger partial charge is 0.369 e. The van der Waals surface area contributed by atoms with Crippen molar-refractivity contribution in [1.29, 1.82) is 0 Å². The second kappa shape index (κ2) is 10.5. The van der Waals surface area contributed by atoms with Gasteiger partial charge in [-0.15, -0.1) is 11.3 Å². The molecule has 0 unspecified atom stereocenters. The average Bonchev–Trinajstić information content (AvgIpc) is 3.36. The standard InChI is InChI=1S/C27H25N5O3S/c1-27(2,25(28)35)21-8-4-7-20(14-21)24(34)30-15-23(33)32-26-31-22(16-36-26)19-6-3-5-18(13-19)17-9-11-29-12-10-17/h3-14,16H,15H2,1-2H3,(H2,28,35)(H,30,34)(H,31,32,33). The average molecular weight is 500 g/mol. The number of primary amides is 1. The molecule has 0 aliphatic heterocycles. The normalized spacial score (nSPS) is 11.1. The van der Waals surface area contributed by atoms with Gasteiger partial charge in [0.05, 0.1) is 17.7 Å². The van der Waals surface area contributed by atoms with Crippen LogP contribution in [0.2, 0.25) is 0 Å². The van der Waals surface area contributed by atoms with Gasteiger partial charge in [-0.2, -0.15) is 0 Å². The lowest BCUT2D eigenvalue weighted by molar-refractivity contribution is -0.122. The number of pyridine rings is 1. The van der Waals surface area contributed by atoms with Gasteiger partial charge in [0.2, 0.25) is 11.8 Å². The summed E-state index contributed by atoms with van der Waals surface area (Å²) in [6.07, 6.45) is 3.49. The molecule has 2 heterocycles. The Morgan fingerprint density at radius 1 is 0.944 bits per heavy atom. The van der Waals surface area contributed by atoms with E-state index >= 15 is 0 Å². The topological polar surface area (TPSA) is 127 Å². The minimum absolute atomic E-state index is 0.227. The molecule has 0 aliphatic rings. The lowest BCUT2D eigenvalue weighted by atomic mass is 9.83. The molecule has 36 heavy (non-hydrogen) atoms. The third-order valence-electron chi connectivity index (χ3n) is 5.79. The number of thiazole rings is 1. The van der Waals surface area contributed by atoms with E-state index < -0.39 is 23.1 Å². The zero-order chi connectivity index (χ0) is 25.7. The summed E-state index contributed by atoms with van der Waals surface area (Å²) in [5, 5.41) is 7.62. The highest BCUT2D eigenvalue weighted by atomic mass is 32.1. The van der Waals surface area contributed by atoms with Crippen molar-refractivity contribution in [3.63, 3.8) is 0 Å². The molecule has 8 nitrogen and oxygen atoms in total. The molecule has 4 N–H and O–H groups in total. The van der Waals surface area contributed by atoms with Crippen LogP contribution in [0.3, 0.4) is 0 Å². The molecule has 0 saturated carbocycles. The van der Waals surface area contributed by atoms with E-state index in [9.17, 15) is 14.4 Å². The van der Waals surface area contributed by atoms with Crippen LogP contribution in [0.25, 0.3) is 22.4 Å². The molecule has 4 aromatic rings. The molecule has 2 aromatic heterocycles. The first kappa shape index (κ1) is 24.7. The van der Waals surface area contributed by atoms with Crippen molar-refractivity contribution in [2.45, 2.75) is 19.3 Å². The lowest BCUT2D eigenvalue weighted by Crippen LogP contribution is -2.36. The molecule has 182 valence electrons. The highest BCUT2D eigenvalue weighted by Gasteiger charge is 2.27. The number of amides is 3. The molecule has 0 saturated heterocycles. The van der Waals surface area contributed by atoms with E-state index in [0.29, 0.717) is 16.3 Å². The second-order valence-corrected chi connectivity index (χ2v) is 9.51.